The standard InChI is InChI=1S/C24H22ClN3O2S/c1-28(2)15-18-6-3-4-9-20(18)16-7-5-8-17(12-16)21-13-19(30-27-21)14-26-24(29)22-10-11-23(25)31-22/h3-13H,14-15H2,1-2H3,(H,26,29). The molecule has 0 fully saturated rings. The molecule has 0 aliphatic carbocycles. The zero-order valence-corrected chi connectivity index (χ0v) is 18.8. The van der Waals surface area contributed by atoms with Gasteiger partial charge in [-0.2, -0.15) is 0 Å². The van der Waals surface area contributed by atoms with Crippen molar-refractivity contribution in [3.63, 3.8) is 0 Å². The van der Waals surface area contributed by atoms with E-state index in [1.54, 1.807) is 12.1 Å². The molecule has 0 bridgehead atoms. The van der Waals surface area contributed by atoms with E-state index < -0.39 is 0 Å². The van der Waals surface area contributed by atoms with Crippen molar-refractivity contribution in [2.45, 2.75) is 13.1 Å². The number of halogens is 1. The molecular formula is C24H22ClN3O2S. The Morgan fingerprint density at radius 1 is 1.06 bits per heavy atom. The van der Waals surface area contributed by atoms with Crippen LogP contribution in [-0.2, 0) is 13.1 Å². The van der Waals surface area contributed by atoms with E-state index in [0.29, 0.717) is 15.0 Å². The third-order valence-electron chi connectivity index (χ3n) is 4.75. The highest BCUT2D eigenvalue weighted by atomic mass is 35.5. The van der Waals surface area contributed by atoms with E-state index in [2.05, 4.69) is 65.9 Å². The summed E-state index contributed by atoms with van der Waals surface area (Å²) in [4.78, 5) is 14.9. The van der Waals surface area contributed by atoms with Gasteiger partial charge in [0, 0.05) is 18.2 Å². The van der Waals surface area contributed by atoms with Crippen LogP contribution in [0.3, 0.4) is 0 Å². The van der Waals surface area contributed by atoms with E-state index in [0.717, 1.165) is 23.4 Å². The van der Waals surface area contributed by atoms with E-state index in [-0.39, 0.29) is 12.5 Å². The molecule has 0 unspecified atom stereocenters. The van der Waals surface area contributed by atoms with Gasteiger partial charge in [-0.25, -0.2) is 0 Å². The lowest BCUT2D eigenvalue weighted by atomic mass is 9.97. The van der Waals surface area contributed by atoms with Crippen molar-refractivity contribution in [3.05, 3.63) is 87.3 Å². The molecule has 0 spiro atoms. The molecule has 31 heavy (non-hydrogen) atoms. The molecule has 1 N–H and O–H groups in total. The molecule has 0 saturated heterocycles. The second kappa shape index (κ2) is 9.47. The van der Waals surface area contributed by atoms with Crippen molar-refractivity contribution in [2.75, 3.05) is 14.1 Å². The van der Waals surface area contributed by atoms with Crippen molar-refractivity contribution < 1.29 is 9.32 Å². The summed E-state index contributed by atoms with van der Waals surface area (Å²) in [7, 11) is 4.13. The summed E-state index contributed by atoms with van der Waals surface area (Å²) in [6.45, 7) is 1.12. The van der Waals surface area contributed by atoms with Crippen LogP contribution in [0.4, 0.5) is 0 Å². The predicted molar refractivity (Wildman–Crippen MR) is 125 cm³/mol. The molecule has 0 aliphatic rings. The summed E-state index contributed by atoms with van der Waals surface area (Å²) in [6, 6.07) is 21.9. The summed E-state index contributed by atoms with van der Waals surface area (Å²) in [6.07, 6.45) is 0. The minimum atomic E-state index is -0.186. The minimum absolute atomic E-state index is 0.186. The fourth-order valence-corrected chi connectivity index (χ4v) is 4.31. The third-order valence-corrected chi connectivity index (χ3v) is 5.98. The first-order valence-corrected chi connectivity index (χ1v) is 11.0. The molecule has 4 aromatic rings. The van der Waals surface area contributed by atoms with Gasteiger partial charge >= 0.3 is 0 Å². The Bertz CT molecular complexity index is 1200. The van der Waals surface area contributed by atoms with Gasteiger partial charge in [-0.3, -0.25) is 4.79 Å². The third kappa shape index (κ3) is 5.22. The maximum Gasteiger partial charge on any atom is 0.261 e. The molecule has 2 aromatic carbocycles. The normalized spacial score (nSPS) is 11.1. The van der Waals surface area contributed by atoms with Gasteiger partial charge in [0.05, 0.1) is 15.8 Å². The highest BCUT2D eigenvalue weighted by Crippen LogP contribution is 2.29. The number of carbonyl (C=O) groups excluding carboxylic acids is 1. The second-order valence-corrected chi connectivity index (χ2v) is 9.16. The number of nitrogens with one attached hydrogen (secondary N) is 1. The van der Waals surface area contributed by atoms with E-state index in [1.807, 2.05) is 18.2 Å². The maximum absolute atomic E-state index is 12.2. The highest BCUT2D eigenvalue weighted by Gasteiger charge is 2.12. The Balaban J connectivity index is 1.50. The van der Waals surface area contributed by atoms with Crippen LogP contribution >= 0.6 is 22.9 Å². The van der Waals surface area contributed by atoms with E-state index in [4.69, 9.17) is 16.1 Å². The Hall–Kier alpha value is -2.93. The second-order valence-electron chi connectivity index (χ2n) is 7.44. The summed E-state index contributed by atoms with van der Waals surface area (Å²) in [5, 5.41) is 7.02. The van der Waals surface area contributed by atoms with Gasteiger partial charge < -0.3 is 14.7 Å². The van der Waals surface area contributed by atoms with Crippen LogP contribution < -0.4 is 5.32 Å². The lowest BCUT2D eigenvalue weighted by Gasteiger charge is -2.14. The molecule has 1 amide bonds. The minimum Gasteiger partial charge on any atom is -0.359 e. The predicted octanol–water partition coefficient (Wildman–Crippen LogP) is 5.72. The van der Waals surface area contributed by atoms with Crippen molar-refractivity contribution in [3.8, 4) is 22.4 Å². The molecule has 5 nitrogen and oxygen atoms in total. The first kappa shape index (κ1) is 21.3. The van der Waals surface area contributed by atoms with Crippen molar-refractivity contribution in [1.82, 2.24) is 15.4 Å². The molecule has 7 heteroatoms. The molecule has 158 valence electrons. The van der Waals surface area contributed by atoms with Crippen LogP contribution in [0.25, 0.3) is 22.4 Å². The molecule has 0 atom stereocenters. The Kier molecular flexibility index (Phi) is 6.51. The van der Waals surface area contributed by atoms with Gasteiger partial charge in [0.2, 0.25) is 0 Å². The lowest BCUT2D eigenvalue weighted by molar-refractivity contribution is 0.0951. The van der Waals surface area contributed by atoms with Crippen molar-refractivity contribution >= 4 is 28.8 Å². The highest BCUT2D eigenvalue weighted by molar-refractivity contribution is 7.17. The summed E-state index contributed by atoms with van der Waals surface area (Å²) in [5.41, 5.74) is 5.28. The molecule has 0 saturated carbocycles. The molecule has 0 radical (unpaired) electrons. The molecule has 4 rings (SSSR count). The SMILES string of the molecule is CN(C)Cc1ccccc1-c1cccc(-c2cc(CNC(=O)c3ccc(Cl)s3)on2)c1. The number of benzene rings is 2. The molecular weight excluding hydrogens is 430 g/mol. The van der Waals surface area contributed by atoms with Gasteiger partial charge in [-0.05, 0) is 49.0 Å². The first-order chi connectivity index (χ1) is 15.0. The smallest absolute Gasteiger partial charge is 0.261 e. The van der Waals surface area contributed by atoms with Gasteiger partial charge in [0.25, 0.3) is 5.91 Å². The first-order valence-electron chi connectivity index (χ1n) is 9.82. The zero-order chi connectivity index (χ0) is 21.8. The average molecular weight is 452 g/mol. The largest absolute Gasteiger partial charge is 0.359 e. The summed E-state index contributed by atoms with van der Waals surface area (Å²) >= 11 is 7.13. The van der Waals surface area contributed by atoms with Crippen LogP contribution in [0.5, 0.6) is 0 Å². The number of carbonyl (C=O) groups is 1. The van der Waals surface area contributed by atoms with Crippen LogP contribution in [-0.4, -0.2) is 30.1 Å². The Morgan fingerprint density at radius 3 is 2.65 bits per heavy atom. The molecule has 2 heterocycles. The van der Waals surface area contributed by atoms with E-state index >= 15 is 0 Å². The van der Waals surface area contributed by atoms with Gasteiger partial charge in [0.1, 0.15) is 5.69 Å². The fourth-order valence-electron chi connectivity index (χ4n) is 3.35. The maximum atomic E-state index is 12.2. The van der Waals surface area contributed by atoms with Crippen LogP contribution in [0.15, 0.2) is 71.3 Å². The zero-order valence-electron chi connectivity index (χ0n) is 17.3. The van der Waals surface area contributed by atoms with E-state index in [1.165, 1.54) is 22.5 Å². The van der Waals surface area contributed by atoms with Crippen LogP contribution in [0, 0.1) is 0 Å². The summed E-state index contributed by atoms with van der Waals surface area (Å²) < 4.78 is 6.02. The number of hydrogen-bond donors (Lipinski definition) is 1. The Labute approximate surface area is 190 Å². The Morgan fingerprint density at radius 2 is 1.87 bits per heavy atom. The van der Waals surface area contributed by atoms with Crippen LogP contribution in [0.1, 0.15) is 21.0 Å². The molecule has 0 aliphatic heterocycles. The van der Waals surface area contributed by atoms with Gasteiger partial charge in [-0.1, -0.05) is 59.2 Å². The van der Waals surface area contributed by atoms with Gasteiger partial charge in [0.15, 0.2) is 5.76 Å². The number of nitrogens with zero attached hydrogens (tertiary/aromatic N) is 2. The average Bonchev–Trinajstić information content (AvgIpc) is 3.41. The lowest BCUT2D eigenvalue weighted by Crippen LogP contribution is -2.21. The number of amides is 1. The van der Waals surface area contributed by atoms with Crippen molar-refractivity contribution in [2.24, 2.45) is 0 Å². The van der Waals surface area contributed by atoms with Gasteiger partial charge in [-0.15, -0.1) is 11.3 Å². The number of aromatic nitrogens is 1. The monoisotopic (exact) mass is 451 g/mol. The number of rotatable bonds is 7. The quantitative estimate of drug-likeness (QED) is 0.390. The van der Waals surface area contributed by atoms with E-state index in [9.17, 15) is 4.79 Å². The van der Waals surface area contributed by atoms with Crippen molar-refractivity contribution in [1.29, 1.82) is 0 Å². The number of hydrogen-bond acceptors (Lipinski definition) is 5. The fraction of sp³-hybridized carbons (Fsp3) is 0.167. The van der Waals surface area contributed by atoms with Crippen LogP contribution in [0.2, 0.25) is 4.34 Å². The topological polar surface area (TPSA) is 58.4 Å². The molecule has 2 aromatic heterocycles. The summed E-state index contributed by atoms with van der Waals surface area (Å²) in [5.74, 6) is 0.402. The number of thiophene rings is 1.